The van der Waals surface area contributed by atoms with Crippen molar-refractivity contribution in [1.29, 1.82) is 0 Å². The highest BCUT2D eigenvalue weighted by atomic mass is 16.5. The summed E-state index contributed by atoms with van der Waals surface area (Å²) in [6.45, 7) is 5.46. The fraction of sp³-hybridized carbons (Fsp3) is 0.706. The molecule has 0 atom stereocenters. The van der Waals surface area contributed by atoms with Crippen LogP contribution in [0, 0.1) is 6.92 Å². The van der Waals surface area contributed by atoms with Crippen molar-refractivity contribution in [2.24, 2.45) is 0 Å². The van der Waals surface area contributed by atoms with Crippen LogP contribution in [0.1, 0.15) is 57.7 Å². The van der Waals surface area contributed by atoms with Crippen LogP contribution in [0.3, 0.4) is 0 Å². The number of anilines is 2. The number of aldehydes is 1. The molecule has 0 spiro atoms. The molecule has 2 N–H and O–H groups in total. The van der Waals surface area contributed by atoms with E-state index in [1.54, 1.807) is 0 Å². The Hall–Kier alpha value is -1.85. The van der Waals surface area contributed by atoms with Gasteiger partial charge < -0.3 is 20.2 Å². The number of hydrogen-bond donors (Lipinski definition) is 2. The zero-order valence-electron chi connectivity index (χ0n) is 14.2. The van der Waals surface area contributed by atoms with E-state index in [1.807, 2.05) is 6.92 Å². The Morgan fingerprint density at radius 3 is 2.78 bits per heavy atom. The Labute approximate surface area is 138 Å². The second kappa shape index (κ2) is 9.33. The van der Waals surface area contributed by atoms with Crippen LogP contribution in [0.2, 0.25) is 0 Å². The summed E-state index contributed by atoms with van der Waals surface area (Å²) in [6, 6.07) is 0.553. The van der Waals surface area contributed by atoms with Gasteiger partial charge in [0.05, 0.1) is 0 Å². The molecule has 6 heteroatoms. The minimum Gasteiger partial charge on any atom is -0.474 e. The van der Waals surface area contributed by atoms with Crippen LogP contribution in [0.15, 0.2) is 0 Å². The first kappa shape index (κ1) is 17.5. The number of fused-ring (bicyclic) bond motifs is 1. The van der Waals surface area contributed by atoms with E-state index < -0.39 is 0 Å². The number of carbonyl (C=O) groups is 1. The Morgan fingerprint density at radius 1 is 1.35 bits per heavy atom. The fourth-order valence-corrected chi connectivity index (χ4v) is 2.79. The quantitative estimate of drug-likeness (QED) is 0.640. The molecule has 0 saturated heterocycles. The molecule has 2 aliphatic rings. The lowest BCUT2D eigenvalue weighted by Crippen LogP contribution is -2.23. The summed E-state index contributed by atoms with van der Waals surface area (Å²) in [5.74, 6) is 2.34. The van der Waals surface area contributed by atoms with E-state index in [2.05, 4.69) is 27.5 Å². The van der Waals surface area contributed by atoms with Gasteiger partial charge in [-0.2, -0.15) is 4.98 Å². The minimum absolute atomic E-state index is 0.553. The van der Waals surface area contributed by atoms with Crippen molar-refractivity contribution in [1.82, 2.24) is 9.97 Å². The molecule has 3 rings (SSSR count). The van der Waals surface area contributed by atoms with Gasteiger partial charge in [-0.05, 0) is 26.2 Å². The summed E-state index contributed by atoms with van der Waals surface area (Å²) in [6.07, 6.45) is 8.96. The van der Waals surface area contributed by atoms with E-state index in [-0.39, 0.29) is 0 Å². The van der Waals surface area contributed by atoms with Gasteiger partial charge >= 0.3 is 0 Å². The smallest absolute Gasteiger partial charge is 0.243 e. The van der Waals surface area contributed by atoms with Crippen LogP contribution in [0.4, 0.5) is 11.5 Å². The number of aryl methyl sites for hydroxylation is 1. The summed E-state index contributed by atoms with van der Waals surface area (Å²) in [4.78, 5) is 18.4. The van der Waals surface area contributed by atoms with Gasteiger partial charge in [0.1, 0.15) is 24.4 Å². The Balaban J connectivity index is 0.000000277. The number of nitrogens with one attached hydrogen (secondary N) is 2. The first-order valence-corrected chi connectivity index (χ1v) is 8.70. The third-order valence-electron chi connectivity index (χ3n) is 4.00. The standard InChI is InChI=1S/C12H18N4O.C5H10O/c1-8-14-11(16-9-4-2-3-5-9)10-12(15-8)17-7-6-13-10;1-2-3-4-5-6/h9,13H,2-7H2,1H3,(H,14,15,16);5H,2-4H2,1H3. The molecule has 0 radical (unpaired) electrons. The molecule has 128 valence electrons. The van der Waals surface area contributed by atoms with Gasteiger partial charge in [0.25, 0.3) is 0 Å². The lowest BCUT2D eigenvalue weighted by Gasteiger charge is -2.22. The highest BCUT2D eigenvalue weighted by Crippen LogP contribution is 2.33. The monoisotopic (exact) mass is 320 g/mol. The van der Waals surface area contributed by atoms with Crippen molar-refractivity contribution in [3.63, 3.8) is 0 Å². The van der Waals surface area contributed by atoms with Crippen molar-refractivity contribution < 1.29 is 9.53 Å². The molecular formula is C17H28N4O2. The van der Waals surface area contributed by atoms with E-state index in [1.165, 1.54) is 25.7 Å². The van der Waals surface area contributed by atoms with Gasteiger partial charge in [-0.3, -0.25) is 0 Å². The number of aromatic nitrogens is 2. The average molecular weight is 320 g/mol. The van der Waals surface area contributed by atoms with E-state index >= 15 is 0 Å². The van der Waals surface area contributed by atoms with Crippen LogP contribution >= 0.6 is 0 Å². The highest BCUT2D eigenvalue weighted by molar-refractivity contribution is 5.71. The van der Waals surface area contributed by atoms with Gasteiger partial charge in [-0.15, -0.1) is 0 Å². The fourth-order valence-electron chi connectivity index (χ4n) is 2.79. The molecule has 0 aromatic carbocycles. The van der Waals surface area contributed by atoms with Gasteiger partial charge in [-0.1, -0.05) is 26.2 Å². The van der Waals surface area contributed by atoms with Crippen LogP contribution in [0.5, 0.6) is 5.88 Å². The molecule has 1 saturated carbocycles. The molecule has 0 amide bonds. The Morgan fingerprint density at radius 2 is 2.13 bits per heavy atom. The summed E-state index contributed by atoms with van der Waals surface area (Å²) in [5.41, 5.74) is 0.925. The summed E-state index contributed by atoms with van der Waals surface area (Å²) >= 11 is 0. The van der Waals surface area contributed by atoms with E-state index in [0.717, 1.165) is 49.4 Å². The SMILES string of the molecule is CCCCC=O.Cc1nc(NC2CCCC2)c2c(n1)OCCN2. The van der Waals surface area contributed by atoms with E-state index in [4.69, 9.17) is 4.74 Å². The summed E-state index contributed by atoms with van der Waals surface area (Å²) in [5, 5.41) is 6.84. The average Bonchev–Trinajstić information content (AvgIpc) is 3.06. The highest BCUT2D eigenvalue weighted by Gasteiger charge is 2.21. The lowest BCUT2D eigenvalue weighted by atomic mass is 10.2. The zero-order valence-corrected chi connectivity index (χ0v) is 14.2. The largest absolute Gasteiger partial charge is 0.474 e. The van der Waals surface area contributed by atoms with Gasteiger partial charge in [0.15, 0.2) is 5.82 Å². The normalized spacial score (nSPS) is 16.4. The first-order valence-electron chi connectivity index (χ1n) is 8.70. The molecular weight excluding hydrogens is 292 g/mol. The number of nitrogens with zero attached hydrogens (tertiary/aromatic N) is 2. The molecule has 23 heavy (non-hydrogen) atoms. The molecule has 1 aromatic rings. The van der Waals surface area contributed by atoms with Crippen molar-refractivity contribution in [3.8, 4) is 5.88 Å². The Bertz CT molecular complexity index is 502. The first-order chi connectivity index (χ1) is 11.2. The molecule has 0 unspecified atom stereocenters. The number of ether oxygens (including phenoxy) is 1. The van der Waals surface area contributed by atoms with E-state index in [9.17, 15) is 4.79 Å². The molecule has 1 aliphatic heterocycles. The lowest BCUT2D eigenvalue weighted by molar-refractivity contribution is -0.107. The van der Waals surface area contributed by atoms with Crippen LogP contribution < -0.4 is 15.4 Å². The summed E-state index contributed by atoms with van der Waals surface area (Å²) in [7, 11) is 0. The predicted molar refractivity (Wildman–Crippen MR) is 92.2 cm³/mol. The maximum Gasteiger partial charge on any atom is 0.243 e. The van der Waals surface area contributed by atoms with Crippen molar-refractivity contribution in [2.75, 3.05) is 23.8 Å². The van der Waals surface area contributed by atoms with Gasteiger partial charge in [0, 0.05) is 19.0 Å². The maximum atomic E-state index is 9.56. The summed E-state index contributed by atoms with van der Waals surface area (Å²) < 4.78 is 5.56. The van der Waals surface area contributed by atoms with Gasteiger partial charge in [-0.25, -0.2) is 4.98 Å². The predicted octanol–water partition coefficient (Wildman–Crippen LogP) is 3.32. The molecule has 1 fully saturated rings. The topological polar surface area (TPSA) is 76.1 Å². The van der Waals surface area contributed by atoms with Crippen molar-refractivity contribution in [2.45, 2.75) is 64.8 Å². The maximum absolute atomic E-state index is 9.56. The second-order valence-corrected chi connectivity index (χ2v) is 6.01. The second-order valence-electron chi connectivity index (χ2n) is 6.01. The van der Waals surface area contributed by atoms with Crippen molar-refractivity contribution >= 4 is 17.8 Å². The van der Waals surface area contributed by atoms with Crippen LogP contribution in [-0.2, 0) is 4.79 Å². The number of unbranched alkanes of at least 4 members (excludes halogenated alkanes) is 2. The van der Waals surface area contributed by atoms with Gasteiger partial charge in [0.2, 0.25) is 5.88 Å². The van der Waals surface area contributed by atoms with Crippen LogP contribution in [-0.4, -0.2) is 35.4 Å². The molecule has 2 heterocycles. The van der Waals surface area contributed by atoms with E-state index in [0.29, 0.717) is 18.5 Å². The number of carbonyl (C=O) groups excluding carboxylic acids is 1. The molecule has 0 bridgehead atoms. The third-order valence-corrected chi connectivity index (χ3v) is 4.00. The third kappa shape index (κ3) is 5.37. The number of hydrogen-bond acceptors (Lipinski definition) is 6. The van der Waals surface area contributed by atoms with Crippen LogP contribution in [0.25, 0.3) is 0 Å². The molecule has 1 aliphatic carbocycles. The Kier molecular flexibility index (Phi) is 7.10. The minimum atomic E-state index is 0.553. The zero-order chi connectivity index (χ0) is 16.5. The molecule has 1 aromatic heterocycles. The molecule has 6 nitrogen and oxygen atoms in total. The number of rotatable bonds is 5. The van der Waals surface area contributed by atoms with Crippen molar-refractivity contribution in [3.05, 3.63) is 5.82 Å².